The molecule has 1 aliphatic heterocycles. The summed E-state index contributed by atoms with van der Waals surface area (Å²) in [5.41, 5.74) is -0.226. The number of methoxy groups -OCH3 is 2. The second kappa shape index (κ2) is 5.28. The molecule has 0 aromatic heterocycles. The first kappa shape index (κ1) is 14.0. The van der Waals surface area contributed by atoms with Gasteiger partial charge in [0, 0.05) is 18.0 Å². The van der Waals surface area contributed by atoms with Gasteiger partial charge in [-0.3, -0.25) is 0 Å². The molecular weight excluding hydrogens is 259 g/mol. The van der Waals surface area contributed by atoms with Gasteiger partial charge in [0.1, 0.15) is 17.1 Å². The van der Waals surface area contributed by atoms with Crippen molar-refractivity contribution in [2.75, 3.05) is 27.3 Å². The van der Waals surface area contributed by atoms with Crippen molar-refractivity contribution in [3.05, 3.63) is 23.3 Å². The Morgan fingerprint density at radius 2 is 1.95 bits per heavy atom. The predicted molar refractivity (Wildman–Crippen MR) is 64.8 cm³/mol. The van der Waals surface area contributed by atoms with Crippen LogP contribution >= 0.6 is 0 Å². The molecule has 1 saturated heterocycles. The van der Waals surface area contributed by atoms with Crippen LogP contribution in [0.15, 0.2) is 12.1 Å². The van der Waals surface area contributed by atoms with Gasteiger partial charge in [-0.2, -0.15) is 13.2 Å². The van der Waals surface area contributed by atoms with E-state index >= 15 is 0 Å². The van der Waals surface area contributed by atoms with E-state index in [-0.39, 0.29) is 17.4 Å². The fourth-order valence-electron chi connectivity index (χ4n) is 2.40. The highest BCUT2D eigenvalue weighted by Gasteiger charge is 2.37. The summed E-state index contributed by atoms with van der Waals surface area (Å²) in [6, 6.07) is 2.61. The van der Waals surface area contributed by atoms with Crippen molar-refractivity contribution in [3.63, 3.8) is 0 Å². The van der Waals surface area contributed by atoms with Gasteiger partial charge >= 0.3 is 6.18 Å². The summed E-state index contributed by atoms with van der Waals surface area (Å²) >= 11 is 0. The number of rotatable bonds is 3. The molecule has 1 aromatic rings. The maximum absolute atomic E-state index is 13.1. The molecule has 0 radical (unpaired) electrons. The summed E-state index contributed by atoms with van der Waals surface area (Å²) in [5.74, 6) is 0.128. The fraction of sp³-hybridized carbons (Fsp3) is 0.538. The number of halogens is 3. The molecular formula is C13H16F3NO2. The van der Waals surface area contributed by atoms with Gasteiger partial charge in [0.15, 0.2) is 0 Å². The van der Waals surface area contributed by atoms with Gasteiger partial charge in [0.05, 0.1) is 14.2 Å². The van der Waals surface area contributed by atoms with E-state index in [1.807, 2.05) is 0 Å². The third kappa shape index (κ3) is 2.78. The zero-order valence-corrected chi connectivity index (χ0v) is 10.8. The third-order valence-electron chi connectivity index (χ3n) is 3.34. The predicted octanol–water partition coefficient (Wildman–Crippen LogP) is 2.80. The third-order valence-corrected chi connectivity index (χ3v) is 3.34. The zero-order chi connectivity index (χ0) is 14.0. The van der Waals surface area contributed by atoms with Gasteiger partial charge in [-0.05, 0) is 25.1 Å². The zero-order valence-electron chi connectivity index (χ0n) is 10.8. The van der Waals surface area contributed by atoms with E-state index in [9.17, 15) is 13.2 Å². The van der Waals surface area contributed by atoms with Crippen LogP contribution in [-0.2, 0) is 6.18 Å². The molecule has 1 atom stereocenters. The van der Waals surface area contributed by atoms with E-state index in [4.69, 9.17) is 9.47 Å². The molecule has 106 valence electrons. The first-order chi connectivity index (χ1) is 8.97. The molecule has 19 heavy (non-hydrogen) atoms. The lowest BCUT2D eigenvalue weighted by molar-refractivity contribution is -0.138. The van der Waals surface area contributed by atoms with Crippen molar-refractivity contribution in [1.82, 2.24) is 5.32 Å². The van der Waals surface area contributed by atoms with Crippen LogP contribution in [0.1, 0.15) is 23.5 Å². The van der Waals surface area contributed by atoms with Crippen molar-refractivity contribution >= 4 is 0 Å². The Labute approximate surface area is 109 Å². The molecule has 0 bridgehead atoms. The summed E-state index contributed by atoms with van der Waals surface area (Å²) < 4.78 is 49.2. The average Bonchev–Trinajstić information content (AvgIpc) is 2.89. The minimum absolute atomic E-state index is 0.0196. The number of hydrogen-bond acceptors (Lipinski definition) is 3. The second-order valence-electron chi connectivity index (χ2n) is 4.48. The minimum Gasteiger partial charge on any atom is -0.497 e. The number of hydrogen-bond donors (Lipinski definition) is 1. The van der Waals surface area contributed by atoms with E-state index in [0.29, 0.717) is 12.1 Å². The summed E-state index contributed by atoms with van der Waals surface area (Å²) in [6.07, 6.45) is -3.67. The van der Waals surface area contributed by atoms with Crippen molar-refractivity contribution < 1.29 is 22.6 Å². The van der Waals surface area contributed by atoms with Gasteiger partial charge < -0.3 is 14.8 Å². The summed E-state index contributed by atoms with van der Waals surface area (Å²) in [6.45, 7) is 1.45. The van der Waals surface area contributed by atoms with Crippen molar-refractivity contribution in [3.8, 4) is 11.5 Å². The van der Waals surface area contributed by atoms with Gasteiger partial charge in [-0.15, -0.1) is 0 Å². The van der Waals surface area contributed by atoms with E-state index in [0.717, 1.165) is 19.0 Å². The molecule has 1 N–H and O–H groups in total. The van der Waals surface area contributed by atoms with Crippen LogP contribution in [0.4, 0.5) is 13.2 Å². The molecule has 3 nitrogen and oxygen atoms in total. The first-order valence-electron chi connectivity index (χ1n) is 6.01. The van der Waals surface area contributed by atoms with E-state index < -0.39 is 11.7 Å². The van der Waals surface area contributed by atoms with Crippen molar-refractivity contribution in [2.24, 2.45) is 0 Å². The van der Waals surface area contributed by atoms with E-state index in [2.05, 4.69) is 5.32 Å². The van der Waals surface area contributed by atoms with Gasteiger partial charge in [0.25, 0.3) is 0 Å². The van der Waals surface area contributed by atoms with Crippen LogP contribution in [0.25, 0.3) is 0 Å². The maximum atomic E-state index is 13.1. The smallest absolute Gasteiger partial charge is 0.420 e. The highest BCUT2D eigenvalue weighted by Crippen LogP contribution is 2.44. The van der Waals surface area contributed by atoms with Crippen LogP contribution in [0.3, 0.4) is 0 Å². The largest absolute Gasteiger partial charge is 0.497 e. The van der Waals surface area contributed by atoms with E-state index in [1.165, 1.54) is 14.2 Å². The summed E-state index contributed by atoms with van der Waals surface area (Å²) in [4.78, 5) is 0. The Kier molecular flexibility index (Phi) is 3.89. The molecule has 0 aliphatic carbocycles. The maximum Gasteiger partial charge on any atom is 0.420 e. The highest BCUT2D eigenvalue weighted by atomic mass is 19.4. The number of ether oxygens (including phenoxy) is 2. The van der Waals surface area contributed by atoms with Crippen molar-refractivity contribution in [2.45, 2.75) is 18.5 Å². The van der Waals surface area contributed by atoms with Crippen LogP contribution in [0.2, 0.25) is 0 Å². The van der Waals surface area contributed by atoms with Crippen LogP contribution in [0, 0.1) is 0 Å². The highest BCUT2D eigenvalue weighted by molar-refractivity contribution is 5.50. The Morgan fingerprint density at radius 1 is 1.21 bits per heavy atom. The Hall–Kier alpha value is -1.43. The molecule has 0 saturated carbocycles. The Balaban J connectivity index is 2.56. The van der Waals surface area contributed by atoms with Crippen LogP contribution in [-0.4, -0.2) is 27.3 Å². The minimum atomic E-state index is -4.46. The lowest BCUT2D eigenvalue weighted by atomic mass is 9.94. The fourth-order valence-corrected chi connectivity index (χ4v) is 2.40. The van der Waals surface area contributed by atoms with Gasteiger partial charge in [-0.25, -0.2) is 0 Å². The number of nitrogens with one attached hydrogen (secondary N) is 1. The second-order valence-corrected chi connectivity index (χ2v) is 4.48. The molecule has 1 aromatic carbocycles. The number of benzene rings is 1. The SMILES string of the molecule is COc1cc(C2CCNC2)c(OC)c(C(F)(F)F)c1. The first-order valence-corrected chi connectivity index (χ1v) is 6.01. The monoisotopic (exact) mass is 275 g/mol. The molecule has 1 heterocycles. The molecule has 0 spiro atoms. The number of alkyl halides is 3. The van der Waals surface area contributed by atoms with Gasteiger partial charge in [0.2, 0.25) is 0 Å². The van der Waals surface area contributed by atoms with Crippen LogP contribution < -0.4 is 14.8 Å². The summed E-state index contributed by atoms with van der Waals surface area (Å²) in [5, 5.41) is 3.14. The average molecular weight is 275 g/mol. The topological polar surface area (TPSA) is 30.5 Å². The van der Waals surface area contributed by atoms with Crippen LogP contribution in [0.5, 0.6) is 11.5 Å². The molecule has 0 amide bonds. The molecule has 6 heteroatoms. The lowest BCUT2D eigenvalue weighted by Crippen LogP contribution is -2.13. The molecule has 2 rings (SSSR count). The summed E-state index contributed by atoms with van der Waals surface area (Å²) in [7, 11) is 2.63. The quantitative estimate of drug-likeness (QED) is 0.920. The molecule has 1 fully saturated rings. The lowest BCUT2D eigenvalue weighted by Gasteiger charge is -2.20. The molecule has 1 unspecified atom stereocenters. The Morgan fingerprint density at radius 3 is 2.42 bits per heavy atom. The van der Waals surface area contributed by atoms with Crippen molar-refractivity contribution in [1.29, 1.82) is 0 Å². The normalized spacial score (nSPS) is 19.5. The van der Waals surface area contributed by atoms with E-state index in [1.54, 1.807) is 6.07 Å². The molecule has 1 aliphatic rings. The van der Waals surface area contributed by atoms with Gasteiger partial charge in [-0.1, -0.05) is 0 Å². The Bertz CT molecular complexity index is 454. The standard InChI is InChI=1S/C13H16F3NO2/c1-18-9-5-10(8-3-4-17-7-8)12(19-2)11(6-9)13(14,15)16/h5-6,8,17H,3-4,7H2,1-2H3.